The summed E-state index contributed by atoms with van der Waals surface area (Å²) < 4.78 is 6.37. The maximum Gasteiger partial charge on any atom is 0.226 e. The Bertz CT molecular complexity index is 878. The van der Waals surface area contributed by atoms with Gasteiger partial charge in [0.25, 0.3) is 0 Å². The van der Waals surface area contributed by atoms with Crippen LogP contribution in [0.2, 0.25) is 0 Å². The molecule has 1 spiro atoms. The van der Waals surface area contributed by atoms with E-state index in [-0.39, 0.29) is 11.5 Å². The highest BCUT2D eigenvalue weighted by Crippen LogP contribution is 2.37. The Kier molecular flexibility index (Phi) is 6.37. The van der Waals surface area contributed by atoms with E-state index in [1.807, 2.05) is 29.3 Å². The molecule has 0 radical (unpaired) electrons. The molecule has 3 aliphatic rings. The van der Waals surface area contributed by atoms with Crippen molar-refractivity contribution in [3.63, 3.8) is 0 Å². The number of likely N-dealkylation sites (tertiary alicyclic amines) is 1. The van der Waals surface area contributed by atoms with Crippen LogP contribution in [-0.4, -0.2) is 83.2 Å². The minimum atomic E-state index is -0.0610. The number of piperazine rings is 1. The molecule has 32 heavy (non-hydrogen) atoms. The molecule has 7 heteroatoms. The molecule has 5 rings (SSSR count). The number of hydrogen-bond acceptors (Lipinski definition) is 6. The van der Waals surface area contributed by atoms with Gasteiger partial charge in [0, 0.05) is 70.5 Å². The van der Waals surface area contributed by atoms with Gasteiger partial charge in [-0.1, -0.05) is 6.07 Å². The maximum atomic E-state index is 12.7. The summed E-state index contributed by atoms with van der Waals surface area (Å²) in [6.07, 6.45) is 9.91. The molecule has 3 fully saturated rings. The third kappa shape index (κ3) is 4.79. The molecule has 170 valence electrons. The Morgan fingerprint density at radius 2 is 1.78 bits per heavy atom. The van der Waals surface area contributed by atoms with Crippen LogP contribution in [0.1, 0.15) is 31.2 Å². The summed E-state index contributed by atoms with van der Waals surface area (Å²) >= 11 is 0. The fraction of sp³-hybridized carbons (Fsp3) is 0.560. The van der Waals surface area contributed by atoms with Crippen molar-refractivity contribution in [2.24, 2.45) is 0 Å². The van der Waals surface area contributed by atoms with Crippen LogP contribution < -0.4 is 4.90 Å². The van der Waals surface area contributed by atoms with E-state index >= 15 is 0 Å². The topological polar surface area (TPSA) is 61.8 Å². The standard InChI is InChI=1S/C25H33N5O2/c31-24(19-21-4-10-26-11-5-21)30-12-7-25(8-13-30)20-22(6-18-32-25)28-14-16-29(17-15-28)23-3-1-2-9-27-23/h1-5,9-11,22H,6-8,12-20H2/t22-/m0/s1. The number of piperidine rings is 1. The van der Waals surface area contributed by atoms with Crippen molar-refractivity contribution < 1.29 is 9.53 Å². The number of anilines is 1. The first-order chi connectivity index (χ1) is 15.7. The molecular formula is C25H33N5O2. The molecule has 0 aliphatic carbocycles. The number of carbonyl (C=O) groups is 1. The Hall–Kier alpha value is -2.51. The van der Waals surface area contributed by atoms with E-state index in [1.165, 1.54) is 0 Å². The molecule has 1 amide bonds. The molecule has 0 aromatic carbocycles. The summed E-state index contributed by atoms with van der Waals surface area (Å²) in [5.74, 6) is 1.29. The molecule has 0 N–H and O–H groups in total. The fourth-order valence-electron chi connectivity index (χ4n) is 5.47. The summed E-state index contributed by atoms with van der Waals surface area (Å²) in [5, 5.41) is 0. The average molecular weight is 436 g/mol. The largest absolute Gasteiger partial charge is 0.375 e. The highest BCUT2D eigenvalue weighted by molar-refractivity contribution is 5.78. The zero-order valence-corrected chi connectivity index (χ0v) is 18.7. The van der Waals surface area contributed by atoms with Crippen molar-refractivity contribution in [3.8, 4) is 0 Å². The lowest BCUT2D eigenvalue weighted by Gasteiger charge is -2.49. The number of pyridine rings is 2. The summed E-state index contributed by atoms with van der Waals surface area (Å²) in [6, 6.07) is 10.6. The Balaban J connectivity index is 1.12. The van der Waals surface area contributed by atoms with Crippen LogP contribution in [0.3, 0.4) is 0 Å². The second-order valence-corrected chi connectivity index (χ2v) is 9.30. The SMILES string of the molecule is O=C(Cc1ccncc1)N1CCC2(CC1)C[C@@H](N1CCN(c3ccccn3)CC1)CCO2. The highest BCUT2D eigenvalue weighted by atomic mass is 16.5. The predicted octanol–water partition coefficient (Wildman–Crippen LogP) is 2.38. The van der Waals surface area contributed by atoms with Gasteiger partial charge in [-0.3, -0.25) is 14.7 Å². The van der Waals surface area contributed by atoms with Gasteiger partial charge in [-0.25, -0.2) is 4.98 Å². The number of aromatic nitrogens is 2. The molecule has 3 saturated heterocycles. The minimum Gasteiger partial charge on any atom is -0.375 e. The average Bonchev–Trinajstić information content (AvgIpc) is 2.86. The van der Waals surface area contributed by atoms with Crippen molar-refractivity contribution in [3.05, 3.63) is 54.5 Å². The van der Waals surface area contributed by atoms with Crippen molar-refractivity contribution in [1.82, 2.24) is 19.8 Å². The summed E-state index contributed by atoms with van der Waals surface area (Å²) in [6.45, 7) is 6.63. The van der Waals surface area contributed by atoms with E-state index in [1.54, 1.807) is 12.4 Å². The van der Waals surface area contributed by atoms with Crippen molar-refractivity contribution in [2.45, 2.75) is 43.7 Å². The van der Waals surface area contributed by atoms with Gasteiger partial charge in [0.2, 0.25) is 5.91 Å². The van der Waals surface area contributed by atoms with Crippen LogP contribution in [-0.2, 0) is 16.0 Å². The first kappa shape index (κ1) is 21.3. The van der Waals surface area contributed by atoms with Gasteiger partial charge in [-0.15, -0.1) is 0 Å². The van der Waals surface area contributed by atoms with Crippen molar-refractivity contribution >= 4 is 11.7 Å². The number of carbonyl (C=O) groups excluding carboxylic acids is 1. The predicted molar refractivity (Wildman–Crippen MR) is 123 cm³/mol. The second-order valence-electron chi connectivity index (χ2n) is 9.30. The lowest BCUT2D eigenvalue weighted by Crippen LogP contribution is -2.57. The number of rotatable bonds is 4. The van der Waals surface area contributed by atoms with Crippen LogP contribution in [0.15, 0.2) is 48.9 Å². The first-order valence-electron chi connectivity index (χ1n) is 11.9. The van der Waals surface area contributed by atoms with Crippen molar-refractivity contribution in [2.75, 3.05) is 50.8 Å². The van der Waals surface area contributed by atoms with Gasteiger partial charge in [0.1, 0.15) is 5.82 Å². The Morgan fingerprint density at radius 3 is 2.50 bits per heavy atom. The smallest absolute Gasteiger partial charge is 0.226 e. The van der Waals surface area contributed by atoms with Gasteiger partial charge >= 0.3 is 0 Å². The van der Waals surface area contributed by atoms with Gasteiger partial charge < -0.3 is 14.5 Å². The molecule has 2 aromatic heterocycles. The van der Waals surface area contributed by atoms with Crippen LogP contribution >= 0.6 is 0 Å². The number of ether oxygens (including phenoxy) is 1. The van der Waals surface area contributed by atoms with E-state index < -0.39 is 0 Å². The zero-order valence-electron chi connectivity index (χ0n) is 18.7. The molecule has 0 saturated carbocycles. The highest BCUT2D eigenvalue weighted by Gasteiger charge is 2.42. The van der Waals surface area contributed by atoms with E-state index in [0.717, 1.165) is 82.9 Å². The van der Waals surface area contributed by atoms with Crippen LogP contribution in [0.4, 0.5) is 5.82 Å². The van der Waals surface area contributed by atoms with Gasteiger partial charge in [-0.2, -0.15) is 0 Å². The van der Waals surface area contributed by atoms with Gasteiger partial charge in [0.15, 0.2) is 0 Å². The van der Waals surface area contributed by atoms with Gasteiger partial charge in [0.05, 0.1) is 12.0 Å². The molecule has 0 unspecified atom stereocenters. The minimum absolute atomic E-state index is 0.0610. The lowest BCUT2D eigenvalue weighted by molar-refractivity contribution is -0.148. The molecule has 3 aliphatic heterocycles. The lowest BCUT2D eigenvalue weighted by atomic mass is 9.81. The normalized spacial score (nSPS) is 23.9. The molecule has 0 bridgehead atoms. The number of hydrogen-bond donors (Lipinski definition) is 0. The van der Waals surface area contributed by atoms with E-state index in [9.17, 15) is 4.79 Å². The molecular weight excluding hydrogens is 402 g/mol. The van der Waals surface area contributed by atoms with Gasteiger partial charge in [-0.05, 0) is 55.5 Å². The summed E-state index contributed by atoms with van der Waals surface area (Å²) in [4.78, 5) is 28.4. The Labute approximate surface area is 190 Å². The number of nitrogens with zero attached hydrogens (tertiary/aromatic N) is 5. The van der Waals surface area contributed by atoms with E-state index in [0.29, 0.717) is 12.5 Å². The first-order valence-corrected chi connectivity index (χ1v) is 11.9. The van der Waals surface area contributed by atoms with Crippen molar-refractivity contribution in [1.29, 1.82) is 0 Å². The second kappa shape index (κ2) is 9.55. The Morgan fingerprint density at radius 1 is 1.00 bits per heavy atom. The van der Waals surface area contributed by atoms with Crippen LogP contribution in [0.25, 0.3) is 0 Å². The molecule has 5 heterocycles. The monoisotopic (exact) mass is 435 g/mol. The molecule has 2 aromatic rings. The molecule has 1 atom stereocenters. The third-order valence-corrected chi connectivity index (χ3v) is 7.40. The van der Waals surface area contributed by atoms with E-state index in [4.69, 9.17) is 4.74 Å². The van der Waals surface area contributed by atoms with Crippen LogP contribution in [0.5, 0.6) is 0 Å². The zero-order chi connectivity index (χ0) is 21.8. The quantitative estimate of drug-likeness (QED) is 0.735. The molecule has 7 nitrogen and oxygen atoms in total. The van der Waals surface area contributed by atoms with E-state index in [2.05, 4.69) is 31.9 Å². The summed E-state index contributed by atoms with van der Waals surface area (Å²) in [7, 11) is 0. The third-order valence-electron chi connectivity index (χ3n) is 7.40. The number of amides is 1. The summed E-state index contributed by atoms with van der Waals surface area (Å²) in [5.41, 5.74) is 0.971. The maximum absolute atomic E-state index is 12.7. The fourth-order valence-corrected chi connectivity index (χ4v) is 5.47. The van der Waals surface area contributed by atoms with Crippen LogP contribution in [0, 0.1) is 0 Å².